The average Bonchev–Trinajstić information content (AvgIpc) is 2.75. The van der Waals surface area contributed by atoms with Gasteiger partial charge in [0.05, 0.1) is 25.3 Å². The summed E-state index contributed by atoms with van der Waals surface area (Å²) in [6.07, 6.45) is 1.53. The summed E-state index contributed by atoms with van der Waals surface area (Å²) in [6.45, 7) is 2.06. The van der Waals surface area contributed by atoms with Crippen LogP contribution in [0, 0.1) is 6.92 Å². The zero-order valence-electron chi connectivity index (χ0n) is 16.7. The Balaban J connectivity index is 1.76. The SMILES string of the molecule is COc1cccc2c1C(=O)c1c(ccc(CCc3ccc(C)cc3)c1OC)C2=O. The van der Waals surface area contributed by atoms with E-state index in [1.807, 2.05) is 6.07 Å². The maximum absolute atomic E-state index is 13.4. The highest BCUT2D eigenvalue weighted by Gasteiger charge is 2.35. The fraction of sp³-hybridized carbons (Fsp3) is 0.200. The molecule has 4 heteroatoms. The lowest BCUT2D eigenvalue weighted by atomic mass is 9.81. The van der Waals surface area contributed by atoms with Crippen LogP contribution in [0.3, 0.4) is 0 Å². The van der Waals surface area contributed by atoms with Crippen molar-refractivity contribution in [2.24, 2.45) is 0 Å². The van der Waals surface area contributed by atoms with Gasteiger partial charge in [-0.25, -0.2) is 0 Å². The molecule has 0 amide bonds. The molecule has 4 nitrogen and oxygen atoms in total. The lowest BCUT2D eigenvalue weighted by Crippen LogP contribution is -2.23. The maximum Gasteiger partial charge on any atom is 0.201 e. The summed E-state index contributed by atoms with van der Waals surface area (Å²) >= 11 is 0. The van der Waals surface area contributed by atoms with Crippen molar-refractivity contribution in [1.29, 1.82) is 0 Å². The minimum Gasteiger partial charge on any atom is -0.496 e. The Morgan fingerprint density at radius 1 is 0.724 bits per heavy atom. The second-order valence-corrected chi connectivity index (χ2v) is 7.21. The number of carbonyl (C=O) groups is 2. The number of hydrogen-bond acceptors (Lipinski definition) is 4. The molecule has 1 aliphatic rings. The fourth-order valence-corrected chi connectivity index (χ4v) is 3.90. The van der Waals surface area contributed by atoms with Crippen LogP contribution in [0.2, 0.25) is 0 Å². The van der Waals surface area contributed by atoms with Gasteiger partial charge in [0.25, 0.3) is 0 Å². The molecular formula is C25H22O4. The fourth-order valence-electron chi connectivity index (χ4n) is 3.90. The number of carbonyl (C=O) groups excluding carboxylic acids is 2. The number of benzene rings is 3. The molecule has 0 bridgehead atoms. The monoisotopic (exact) mass is 386 g/mol. The van der Waals surface area contributed by atoms with Crippen LogP contribution in [0.5, 0.6) is 11.5 Å². The predicted molar refractivity (Wildman–Crippen MR) is 111 cm³/mol. The van der Waals surface area contributed by atoms with E-state index in [9.17, 15) is 9.59 Å². The van der Waals surface area contributed by atoms with Crippen molar-refractivity contribution in [1.82, 2.24) is 0 Å². The summed E-state index contributed by atoms with van der Waals surface area (Å²) < 4.78 is 11.0. The Bertz CT molecular complexity index is 1110. The highest BCUT2D eigenvalue weighted by Crippen LogP contribution is 2.39. The Kier molecular flexibility index (Phi) is 4.93. The summed E-state index contributed by atoms with van der Waals surface area (Å²) in [4.78, 5) is 26.4. The van der Waals surface area contributed by atoms with Crippen LogP contribution in [0.15, 0.2) is 54.6 Å². The molecule has 0 atom stereocenters. The van der Waals surface area contributed by atoms with Crippen LogP contribution in [0.25, 0.3) is 0 Å². The molecule has 29 heavy (non-hydrogen) atoms. The molecule has 0 fully saturated rings. The van der Waals surface area contributed by atoms with Gasteiger partial charge in [-0.15, -0.1) is 0 Å². The molecule has 4 rings (SSSR count). The van der Waals surface area contributed by atoms with Crippen LogP contribution >= 0.6 is 0 Å². The number of fused-ring (bicyclic) bond motifs is 2. The molecule has 0 unspecified atom stereocenters. The Labute approximate surface area is 170 Å². The Morgan fingerprint density at radius 2 is 1.45 bits per heavy atom. The lowest BCUT2D eigenvalue weighted by molar-refractivity contribution is 0.0973. The van der Waals surface area contributed by atoms with Gasteiger partial charge in [0, 0.05) is 11.1 Å². The number of ketones is 2. The standard InChI is InChI=1S/C25H22O4/c1-15-7-9-16(10-8-15)11-12-17-13-14-19-22(25(17)29-3)24(27)21-18(23(19)26)5-4-6-20(21)28-2/h4-10,13-14H,11-12H2,1-3H3. The van der Waals surface area contributed by atoms with E-state index in [0.29, 0.717) is 40.2 Å². The van der Waals surface area contributed by atoms with Gasteiger partial charge in [-0.3, -0.25) is 9.59 Å². The van der Waals surface area contributed by atoms with Gasteiger partial charge in [0.2, 0.25) is 5.78 Å². The molecule has 0 saturated heterocycles. The quantitative estimate of drug-likeness (QED) is 0.504. The lowest BCUT2D eigenvalue weighted by Gasteiger charge is -2.23. The van der Waals surface area contributed by atoms with Gasteiger partial charge in [0.1, 0.15) is 11.5 Å². The second-order valence-electron chi connectivity index (χ2n) is 7.21. The number of ether oxygens (including phenoxy) is 2. The summed E-state index contributed by atoms with van der Waals surface area (Å²) in [7, 11) is 3.04. The summed E-state index contributed by atoms with van der Waals surface area (Å²) in [5, 5.41) is 0. The Hall–Kier alpha value is -3.40. The van der Waals surface area contributed by atoms with Gasteiger partial charge < -0.3 is 9.47 Å². The minimum atomic E-state index is -0.235. The number of hydrogen-bond donors (Lipinski definition) is 0. The van der Waals surface area contributed by atoms with Crippen molar-refractivity contribution >= 4 is 11.6 Å². The highest BCUT2D eigenvalue weighted by atomic mass is 16.5. The van der Waals surface area contributed by atoms with Crippen molar-refractivity contribution in [3.8, 4) is 11.5 Å². The molecular weight excluding hydrogens is 364 g/mol. The van der Waals surface area contributed by atoms with Crippen LogP contribution in [0.4, 0.5) is 0 Å². The smallest absolute Gasteiger partial charge is 0.201 e. The van der Waals surface area contributed by atoms with E-state index in [-0.39, 0.29) is 11.6 Å². The van der Waals surface area contributed by atoms with E-state index < -0.39 is 0 Å². The minimum absolute atomic E-state index is 0.183. The molecule has 1 aliphatic carbocycles. The van der Waals surface area contributed by atoms with E-state index >= 15 is 0 Å². The van der Waals surface area contributed by atoms with E-state index in [0.717, 1.165) is 12.0 Å². The van der Waals surface area contributed by atoms with Gasteiger partial charge >= 0.3 is 0 Å². The first-order valence-electron chi connectivity index (χ1n) is 9.57. The van der Waals surface area contributed by atoms with Gasteiger partial charge in [-0.2, -0.15) is 0 Å². The average molecular weight is 386 g/mol. The zero-order valence-corrected chi connectivity index (χ0v) is 16.7. The van der Waals surface area contributed by atoms with Gasteiger partial charge in [0.15, 0.2) is 5.78 Å². The Morgan fingerprint density at radius 3 is 2.14 bits per heavy atom. The van der Waals surface area contributed by atoms with Crippen LogP contribution < -0.4 is 9.47 Å². The van der Waals surface area contributed by atoms with Gasteiger partial charge in [-0.05, 0) is 43.0 Å². The molecule has 0 aromatic heterocycles. The van der Waals surface area contributed by atoms with Crippen molar-refractivity contribution in [3.05, 3.63) is 93.5 Å². The van der Waals surface area contributed by atoms with Gasteiger partial charge in [-0.1, -0.05) is 48.0 Å². The van der Waals surface area contributed by atoms with E-state index in [1.165, 1.54) is 18.2 Å². The first kappa shape index (κ1) is 18.9. The molecule has 3 aromatic carbocycles. The topological polar surface area (TPSA) is 52.6 Å². The predicted octanol–water partition coefficient (Wildman–Crippen LogP) is 4.57. The van der Waals surface area contributed by atoms with E-state index in [1.54, 1.807) is 31.4 Å². The normalized spacial score (nSPS) is 12.4. The molecule has 0 heterocycles. The molecule has 0 saturated carbocycles. The molecule has 3 aromatic rings. The number of aryl methyl sites for hydroxylation is 3. The molecule has 0 N–H and O–H groups in total. The third-order valence-corrected chi connectivity index (χ3v) is 5.44. The maximum atomic E-state index is 13.4. The third-order valence-electron chi connectivity index (χ3n) is 5.44. The molecule has 0 spiro atoms. The van der Waals surface area contributed by atoms with E-state index in [2.05, 4.69) is 31.2 Å². The summed E-state index contributed by atoms with van der Waals surface area (Å²) in [5.74, 6) is 0.459. The third kappa shape index (κ3) is 3.21. The summed E-state index contributed by atoms with van der Waals surface area (Å²) in [5.41, 5.74) is 4.73. The number of methoxy groups -OCH3 is 2. The number of rotatable bonds is 5. The van der Waals surface area contributed by atoms with Crippen LogP contribution in [0.1, 0.15) is 48.5 Å². The zero-order chi connectivity index (χ0) is 20.5. The summed E-state index contributed by atoms with van der Waals surface area (Å²) in [6, 6.07) is 17.1. The largest absolute Gasteiger partial charge is 0.496 e. The highest BCUT2D eigenvalue weighted by molar-refractivity contribution is 6.30. The first-order chi connectivity index (χ1) is 14.0. The second kappa shape index (κ2) is 7.55. The molecule has 0 radical (unpaired) electrons. The van der Waals surface area contributed by atoms with Crippen molar-refractivity contribution in [3.63, 3.8) is 0 Å². The van der Waals surface area contributed by atoms with Crippen molar-refractivity contribution in [2.45, 2.75) is 19.8 Å². The van der Waals surface area contributed by atoms with Crippen molar-refractivity contribution < 1.29 is 19.1 Å². The van der Waals surface area contributed by atoms with E-state index in [4.69, 9.17) is 9.47 Å². The molecule has 146 valence electrons. The van der Waals surface area contributed by atoms with Crippen LogP contribution in [-0.4, -0.2) is 25.8 Å². The van der Waals surface area contributed by atoms with Crippen LogP contribution in [-0.2, 0) is 12.8 Å². The molecule has 0 aliphatic heterocycles. The van der Waals surface area contributed by atoms with Crippen molar-refractivity contribution in [2.75, 3.05) is 14.2 Å². The first-order valence-corrected chi connectivity index (χ1v) is 9.57.